The average molecular weight is 199 g/mol. The van der Waals surface area contributed by atoms with Gasteiger partial charge < -0.3 is 5.32 Å². The Hall–Kier alpha value is -1.90. The highest BCUT2D eigenvalue weighted by Gasteiger charge is 2.03. The number of nitrogens with zero attached hydrogens (tertiary/aromatic N) is 2. The fourth-order valence-electron chi connectivity index (χ4n) is 1.42. The first kappa shape index (κ1) is 9.65. The van der Waals surface area contributed by atoms with Gasteiger partial charge in [-0.2, -0.15) is 0 Å². The highest BCUT2D eigenvalue weighted by atomic mass is 15.0. The Balaban J connectivity index is 2.08. The standard InChI is InChI=1S/C12H13N3/c1-10(11-5-3-2-4-6-11)15-12-7-8-13-9-14-12/h2-10H,1H3,(H,13,14,15)/t10-/m0/s1. The molecule has 1 aromatic carbocycles. The first-order valence-corrected chi connectivity index (χ1v) is 4.94. The molecule has 0 fully saturated rings. The molecular formula is C12H13N3. The first-order valence-electron chi connectivity index (χ1n) is 4.94. The molecule has 0 saturated carbocycles. The van der Waals surface area contributed by atoms with Gasteiger partial charge in [-0.15, -0.1) is 0 Å². The van der Waals surface area contributed by atoms with Crippen molar-refractivity contribution in [3.8, 4) is 0 Å². The number of aromatic nitrogens is 2. The molecule has 1 N–H and O–H groups in total. The molecule has 0 unspecified atom stereocenters. The molecule has 0 spiro atoms. The molecule has 0 aliphatic rings. The van der Waals surface area contributed by atoms with Crippen LogP contribution in [0.25, 0.3) is 0 Å². The van der Waals surface area contributed by atoms with Crippen molar-refractivity contribution < 1.29 is 0 Å². The third kappa shape index (κ3) is 2.53. The Morgan fingerprint density at radius 1 is 1.13 bits per heavy atom. The maximum Gasteiger partial charge on any atom is 0.129 e. The molecule has 15 heavy (non-hydrogen) atoms. The molecule has 1 heterocycles. The van der Waals surface area contributed by atoms with Gasteiger partial charge in [0.15, 0.2) is 0 Å². The van der Waals surface area contributed by atoms with E-state index in [2.05, 4.69) is 34.3 Å². The Morgan fingerprint density at radius 2 is 1.93 bits per heavy atom. The van der Waals surface area contributed by atoms with E-state index in [0.29, 0.717) is 0 Å². The van der Waals surface area contributed by atoms with Gasteiger partial charge in [0.1, 0.15) is 12.1 Å². The van der Waals surface area contributed by atoms with Gasteiger partial charge >= 0.3 is 0 Å². The Labute approximate surface area is 89.2 Å². The van der Waals surface area contributed by atoms with Gasteiger partial charge in [0.25, 0.3) is 0 Å². The van der Waals surface area contributed by atoms with Crippen LogP contribution in [-0.4, -0.2) is 9.97 Å². The molecule has 2 aromatic rings. The van der Waals surface area contributed by atoms with Crippen molar-refractivity contribution in [1.82, 2.24) is 9.97 Å². The minimum absolute atomic E-state index is 0.251. The molecule has 0 radical (unpaired) electrons. The van der Waals surface area contributed by atoms with Crippen LogP contribution in [0.4, 0.5) is 5.82 Å². The van der Waals surface area contributed by atoms with Crippen LogP contribution in [0.5, 0.6) is 0 Å². The summed E-state index contributed by atoms with van der Waals surface area (Å²) in [7, 11) is 0. The summed E-state index contributed by atoms with van der Waals surface area (Å²) < 4.78 is 0. The van der Waals surface area contributed by atoms with Gasteiger partial charge in [-0.1, -0.05) is 30.3 Å². The van der Waals surface area contributed by atoms with Crippen molar-refractivity contribution in [3.63, 3.8) is 0 Å². The number of rotatable bonds is 3. The number of hydrogen-bond donors (Lipinski definition) is 1. The first-order chi connectivity index (χ1) is 7.36. The van der Waals surface area contributed by atoms with Gasteiger partial charge in [-0.25, -0.2) is 9.97 Å². The maximum atomic E-state index is 4.12. The second-order valence-electron chi connectivity index (χ2n) is 3.37. The van der Waals surface area contributed by atoms with Crippen LogP contribution in [0.15, 0.2) is 48.9 Å². The van der Waals surface area contributed by atoms with Crippen LogP contribution in [-0.2, 0) is 0 Å². The summed E-state index contributed by atoms with van der Waals surface area (Å²) in [4.78, 5) is 8.00. The Kier molecular flexibility index (Phi) is 2.93. The summed E-state index contributed by atoms with van der Waals surface area (Å²) in [5.74, 6) is 0.848. The fraction of sp³-hybridized carbons (Fsp3) is 0.167. The molecule has 3 heteroatoms. The van der Waals surface area contributed by atoms with Gasteiger partial charge in [0.2, 0.25) is 0 Å². The summed E-state index contributed by atoms with van der Waals surface area (Å²) >= 11 is 0. The Morgan fingerprint density at radius 3 is 2.60 bits per heavy atom. The van der Waals surface area contributed by atoms with Gasteiger partial charge in [0.05, 0.1) is 0 Å². The molecule has 3 nitrogen and oxygen atoms in total. The van der Waals surface area contributed by atoms with Crippen LogP contribution >= 0.6 is 0 Å². The molecule has 0 aliphatic carbocycles. The average Bonchev–Trinajstić information content (AvgIpc) is 2.31. The van der Waals surface area contributed by atoms with Crippen molar-refractivity contribution in [2.24, 2.45) is 0 Å². The van der Waals surface area contributed by atoms with E-state index in [-0.39, 0.29) is 6.04 Å². The van der Waals surface area contributed by atoms with Crippen LogP contribution in [0.2, 0.25) is 0 Å². The zero-order valence-corrected chi connectivity index (χ0v) is 8.59. The van der Waals surface area contributed by atoms with Crippen molar-refractivity contribution in [3.05, 3.63) is 54.5 Å². The second-order valence-corrected chi connectivity index (χ2v) is 3.37. The van der Waals surface area contributed by atoms with Crippen molar-refractivity contribution in [2.45, 2.75) is 13.0 Å². The minimum atomic E-state index is 0.251. The van der Waals surface area contributed by atoms with Gasteiger partial charge in [-0.3, -0.25) is 0 Å². The van der Waals surface area contributed by atoms with E-state index in [1.165, 1.54) is 5.56 Å². The summed E-state index contributed by atoms with van der Waals surface area (Å²) in [6, 6.07) is 12.4. The number of anilines is 1. The smallest absolute Gasteiger partial charge is 0.129 e. The highest BCUT2D eigenvalue weighted by molar-refractivity contribution is 5.36. The molecule has 0 saturated heterocycles. The zero-order chi connectivity index (χ0) is 10.5. The molecule has 76 valence electrons. The van der Waals surface area contributed by atoms with E-state index in [9.17, 15) is 0 Å². The quantitative estimate of drug-likeness (QED) is 0.825. The van der Waals surface area contributed by atoms with E-state index in [1.807, 2.05) is 24.3 Å². The third-order valence-corrected chi connectivity index (χ3v) is 2.25. The lowest BCUT2D eigenvalue weighted by molar-refractivity contribution is 0.872. The van der Waals surface area contributed by atoms with Gasteiger partial charge in [-0.05, 0) is 18.6 Å². The monoisotopic (exact) mass is 199 g/mol. The molecule has 1 atom stereocenters. The lowest BCUT2D eigenvalue weighted by Crippen LogP contribution is -2.07. The predicted molar refractivity (Wildman–Crippen MR) is 60.5 cm³/mol. The van der Waals surface area contributed by atoms with E-state index >= 15 is 0 Å². The molecule has 2 rings (SSSR count). The lowest BCUT2D eigenvalue weighted by atomic mass is 10.1. The van der Waals surface area contributed by atoms with Crippen LogP contribution in [0.3, 0.4) is 0 Å². The maximum absolute atomic E-state index is 4.12. The van der Waals surface area contributed by atoms with Crippen LogP contribution in [0, 0.1) is 0 Å². The van der Waals surface area contributed by atoms with Crippen LogP contribution in [0.1, 0.15) is 18.5 Å². The van der Waals surface area contributed by atoms with E-state index in [0.717, 1.165) is 5.82 Å². The van der Waals surface area contributed by atoms with E-state index < -0.39 is 0 Å². The fourth-order valence-corrected chi connectivity index (χ4v) is 1.42. The van der Waals surface area contributed by atoms with E-state index in [1.54, 1.807) is 12.5 Å². The van der Waals surface area contributed by atoms with Crippen molar-refractivity contribution in [2.75, 3.05) is 5.32 Å². The Bertz CT molecular complexity index is 400. The minimum Gasteiger partial charge on any atom is -0.363 e. The number of benzene rings is 1. The van der Waals surface area contributed by atoms with Crippen molar-refractivity contribution in [1.29, 1.82) is 0 Å². The number of hydrogen-bond acceptors (Lipinski definition) is 3. The largest absolute Gasteiger partial charge is 0.363 e. The van der Waals surface area contributed by atoms with Crippen molar-refractivity contribution >= 4 is 5.82 Å². The normalized spacial score (nSPS) is 12.1. The lowest BCUT2D eigenvalue weighted by Gasteiger charge is -2.14. The van der Waals surface area contributed by atoms with Gasteiger partial charge in [0, 0.05) is 12.2 Å². The predicted octanol–water partition coefficient (Wildman–Crippen LogP) is 2.65. The summed E-state index contributed by atoms with van der Waals surface area (Å²) in [5, 5.41) is 3.31. The topological polar surface area (TPSA) is 37.8 Å². The molecular weight excluding hydrogens is 186 g/mol. The van der Waals surface area contributed by atoms with Crippen LogP contribution < -0.4 is 5.32 Å². The molecule has 1 aromatic heterocycles. The third-order valence-electron chi connectivity index (χ3n) is 2.25. The second kappa shape index (κ2) is 4.55. The summed E-state index contributed by atoms with van der Waals surface area (Å²) in [6.45, 7) is 2.11. The number of nitrogens with one attached hydrogen (secondary N) is 1. The zero-order valence-electron chi connectivity index (χ0n) is 8.59. The summed E-state index contributed by atoms with van der Waals surface area (Å²) in [5.41, 5.74) is 1.25. The molecule has 0 amide bonds. The molecule has 0 aliphatic heterocycles. The SMILES string of the molecule is C[C@H](Nc1ccncn1)c1ccccc1. The molecule has 0 bridgehead atoms. The summed E-state index contributed by atoms with van der Waals surface area (Å²) in [6.07, 6.45) is 3.27. The van der Waals surface area contributed by atoms with E-state index in [4.69, 9.17) is 0 Å². The highest BCUT2D eigenvalue weighted by Crippen LogP contribution is 2.16.